The van der Waals surface area contributed by atoms with Crippen LogP contribution in [0.1, 0.15) is 48.4 Å². The van der Waals surface area contributed by atoms with Crippen LogP contribution >= 0.6 is 0 Å². The Kier molecular flexibility index (Phi) is 15.6. The van der Waals surface area contributed by atoms with Gasteiger partial charge in [-0.1, -0.05) is 152 Å². The Labute approximate surface area is 320 Å². The van der Waals surface area contributed by atoms with Crippen molar-refractivity contribution in [3.8, 4) is 0 Å². The van der Waals surface area contributed by atoms with Gasteiger partial charge in [-0.3, -0.25) is 4.79 Å². The van der Waals surface area contributed by atoms with Gasteiger partial charge in [0.2, 0.25) is 5.91 Å². The lowest BCUT2D eigenvalue weighted by molar-refractivity contribution is -0.329. The Morgan fingerprint density at radius 2 is 1.20 bits per heavy atom. The zero-order valence-corrected chi connectivity index (χ0v) is 31.2. The fraction of sp³-hybridized carbons (Fsp3) is 0.370. The third kappa shape index (κ3) is 12.3. The average molecular weight is 732 g/mol. The summed E-state index contributed by atoms with van der Waals surface area (Å²) in [4.78, 5) is 13.2. The summed E-state index contributed by atoms with van der Waals surface area (Å²) in [6.07, 6.45) is 5.97. The SMILES string of the molecule is C[C@H](CO[C@H]1O[C@H](COCc2ccccc2)[C@@H](OCc2ccccc2)[C@H](OCc2ccccc2)[C@@H]1OCc1ccccc1)C(=O)NCCCC1=CC=CC1. The van der Waals surface area contributed by atoms with E-state index in [-0.39, 0.29) is 19.1 Å². The third-order valence-electron chi connectivity index (χ3n) is 9.62. The topological polar surface area (TPSA) is 84.5 Å². The highest BCUT2D eigenvalue weighted by Gasteiger charge is 2.49. The van der Waals surface area contributed by atoms with Gasteiger partial charge < -0.3 is 33.7 Å². The van der Waals surface area contributed by atoms with Crippen LogP contribution in [0.15, 0.2) is 145 Å². The highest BCUT2D eigenvalue weighted by molar-refractivity contribution is 5.78. The molecule has 1 amide bonds. The summed E-state index contributed by atoms with van der Waals surface area (Å²) in [5.41, 5.74) is 5.51. The quantitative estimate of drug-likeness (QED) is 0.0867. The van der Waals surface area contributed by atoms with Crippen molar-refractivity contribution in [2.45, 2.75) is 83.3 Å². The van der Waals surface area contributed by atoms with E-state index in [0.29, 0.717) is 33.0 Å². The smallest absolute Gasteiger partial charge is 0.225 e. The number of ether oxygens (including phenoxy) is 6. The van der Waals surface area contributed by atoms with E-state index in [1.807, 2.05) is 128 Å². The molecule has 0 bridgehead atoms. The number of nitrogens with one attached hydrogen (secondary N) is 1. The molecule has 6 atom stereocenters. The molecule has 0 unspecified atom stereocenters. The van der Waals surface area contributed by atoms with Crippen LogP contribution in [0.25, 0.3) is 0 Å². The maximum Gasteiger partial charge on any atom is 0.225 e. The molecule has 284 valence electrons. The zero-order chi connectivity index (χ0) is 37.2. The second-order valence-electron chi connectivity index (χ2n) is 13.9. The molecule has 6 rings (SSSR count). The Morgan fingerprint density at radius 3 is 1.74 bits per heavy atom. The molecule has 8 heteroatoms. The summed E-state index contributed by atoms with van der Waals surface area (Å²) in [6.45, 7) is 4.24. The second-order valence-corrected chi connectivity index (χ2v) is 13.9. The molecule has 1 N–H and O–H groups in total. The maximum atomic E-state index is 13.2. The van der Waals surface area contributed by atoms with Gasteiger partial charge in [0, 0.05) is 6.54 Å². The number of allylic oxidation sites excluding steroid dienone is 4. The number of hydrogen-bond acceptors (Lipinski definition) is 7. The fourth-order valence-electron chi connectivity index (χ4n) is 6.57. The first-order valence-electron chi connectivity index (χ1n) is 19.1. The molecule has 1 aliphatic heterocycles. The predicted molar refractivity (Wildman–Crippen MR) is 209 cm³/mol. The van der Waals surface area contributed by atoms with Crippen molar-refractivity contribution < 1.29 is 33.2 Å². The first-order chi connectivity index (χ1) is 26.6. The molecule has 1 saturated heterocycles. The van der Waals surface area contributed by atoms with Gasteiger partial charge in [-0.2, -0.15) is 0 Å². The third-order valence-corrected chi connectivity index (χ3v) is 9.62. The minimum Gasteiger partial charge on any atom is -0.374 e. The van der Waals surface area contributed by atoms with E-state index in [0.717, 1.165) is 41.5 Å². The molecule has 1 heterocycles. The van der Waals surface area contributed by atoms with Crippen molar-refractivity contribution in [3.05, 3.63) is 167 Å². The Hall–Kier alpha value is -4.41. The van der Waals surface area contributed by atoms with Gasteiger partial charge in [0.15, 0.2) is 6.29 Å². The summed E-state index contributed by atoms with van der Waals surface area (Å²) in [5, 5.41) is 3.09. The van der Waals surface area contributed by atoms with Gasteiger partial charge >= 0.3 is 0 Å². The molecule has 0 aromatic heterocycles. The van der Waals surface area contributed by atoms with E-state index >= 15 is 0 Å². The summed E-state index contributed by atoms with van der Waals surface area (Å²) in [7, 11) is 0. The van der Waals surface area contributed by atoms with Crippen LogP contribution < -0.4 is 5.32 Å². The Morgan fingerprint density at radius 1 is 0.685 bits per heavy atom. The van der Waals surface area contributed by atoms with Crippen LogP contribution in [0.4, 0.5) is 0 Å². The van der Waals surface area contributed by atoms with Crippen LogP contribution in [-0.4, -0.2) is 56.4 Å². The molecule has 4 aromatic rings. The van der Waals surface area contributed by atoms with Gasteiger partial charge in [0.25, 0.3) is 0 Å². The highest BCUT2D eigenvalue weighted by atomic mass is 16.7. The van der Waals surface area contributed by atoms with Crippen LogP contribution in [0.2, 0.25) is 0 Å². The first kappa shape index (κ1) is 39.3. The van der Waals surface area contributed by atoms with E-state index < -0.39 is 36.6 Å². The average Bonchev–Trinajstić information content (AvgIpc) is 3.75. The first-order valence-corrected chi connectivity index (χ1v) is 19.1. The number of amides is 1. The number of carbonyl (C=O) groups excluding carboxylic acids is 1. The predicted octanol–water partition coefficient (Wildman–Crippen LogP) is 8.12. The van der Waals surface area contributed by atoms with Crippen LogP contribution in [0.3, 0.4) is 0 Å². The van der Waals surface area contributed by atoms with Crippen LogP contribution in [-0.2, 0) is 59.6 Å². The van der Waals surface area contributed by atoms with Crippen molar-refractivity contribution in [1.29, 1.82) is 0 Å². The minimum absolute atomic E-state index is 0.0604. The lowest BCUT2D eigenvalue weighted by atomic mass is 9.97. The summed E-state index contributed by atoms with van der Waals surface area (Å²) in [5.74, 6) is -0.478. The molecule has 4 aromatic carbocycles. The molecule has 2 aliphatic rings. The molecular weight excluding hydrogens is 679 g/mol. The number of rotatable bonds is 21. The van der Waals surface area contributed by atoms with Gasteiger partial charge in [-0.25, -0.2) is 0 Å². The standard InChI is InChI=1S/C46H53NO7/c1-35(45(48)47-28-16-27-36-17-14-15-18-36)29-53-46-44(52-33-40-25-12-5-13-26-40)43(51-32-39-23-10-4-11-24-39)42(50-31-38-21-8-3-9-22-38)41(54-46)34-49-30-37-19-6-2-7-20-37/h2-15,17,19-26,35,41-44,46H,16,18,27-34H2,1H3,(H,47,48)/t35-,41-,42-,43+,44+,46+/m1/s1. The monoisotopic (exact) mass is 731 g/mol. The molecule has 0 saturated carbocycles. The van der Waals surface area contributed by atoms with Crippen LogP contribution in [0, 0.1) is 5.92 Å². The van der Waals surface area contributed by atoms with Gasteiger partial charge in [-0.15, -0.1) is 0 Å². The van der Waals surface area contributed by atoms with Crippen molar-refractivity contribution in [2.75, 3.05) is 19.8 Å². The Balaban J connectivity index is 1.21. The van der Waals surface area contributed by atoms with Crippen molar-refractivity contribution in [3.63, 3.8) is 0 Å². The van der Waals surface area contributed by atoms with Gasteiger partial charge in [0.05, 0.1) is 45.6 Å². The minimum atomic E-state index is -0.867. The second kappa shape index (κ2) is 21.5. The maximum absolute atomic E-state index is 13.2. The largest absolute Gasteiger partial charge is 0.374 e. The fourth-order valence-corrected chi connectivity index (χ4v) is 6.57. The van der Waals surface area contributed by atoms with Crippen LogP contribution in [0.5, 0.6) is 0 Å². The molecule has 0 radical (unpaired) electrons. The molecule has 8 nitrogen and oxygen atoms in total. The van der Waals surface area contributed by atoms with E-state index in [1.165, 1.54) is 5.57 Å². The number of hydrogen-bond donors (Lipinski definition) is 1. The molecular formula is C46H53NO7. The Bertz CT molecular complexity index is 1720. The summed E-state index contributed by atoms with van der Waals surface area (Å²) >= 11 is 0. The van der Waals surface area contributed by atoms with Crippen molar-refractivity contribution >= 4 is 5.91 Å². The normalized spacial score (nSPS) is 21.4. The number of carbonyl (C=O) groups is 1. The van der Waals surface area contributed by atoms with Gasteiger partial charge in [0.1, 0.15) is 24.4 Å². The molecule has 1 aliphatic carbocycles. The molecule has 54 heavy (non-hydrogen) atoms. The number of benzene rings is 4. The lowest BCUT2D eigenvalue weighted by Gasteiger charge is -2.46. The van der Waals surface area contributed by atoms with Gasteiger partial charge in [-0.05, 0) is 41.5 Å². The highest BCUT2D eigenvalue weighted by Crippen LogP contribution is 2.32. The molecule has 0 spiro atoms. The van der Waals surface area contributed by atoms with Crippen molar-refractivity contribution in [2.24, 2.45) is 5.92 Å². The zero-order valence-electron chi connectivity index (χ0n) is 31.2. The van der Waals surface area contributed by atoms with E-state index in [4.69, 9.17) is 28.4 Å². The van der Waals surface area contributed by atoms with Crippen molar-refractivity contribution in [1.82, 2.24) is 5.32 Å². The molecule has 1 fully saturated rings. The lowest BCUT2D eigenvalue weighted by Crippen LogP contribution is -2.62. The van der Waals surface area contributed by atoms with E-state index in [9.17, 15) is 4.79 Å². The summed E-state index contributed by atoms with van der Waals surface area (Å²) in [6, 6.07) is 40.2. The van der Waals surface area contributed by atoms with E-state index in [2.05, 4.69) is 23.5 Å². The summed E-state index contributed by atoms with van der Waals surface area (Å²) < 4.78 is 39.8. The van der Waals surface area contributed by atoms with E-state index in [1.54, 1.807) is 0 Å².